The summed E-state index contributed by atoms with van der Waals surface area (Å²) < 4.78 is 0. The number of carbonyl (C=O) groups excluding carboxylic acids is 1. The van der Waals surface area contributed by atoms with E-state index in [-0.39, 0.29) is 29.3 Å². The average Bonchev–Trinajstić information content (AvgIpc) is 3.43. The van der Waals surface area contributed by atoms with Crippen molar-refractivity contribution in [2.24, 2.45) is 28.9 Å². The van der Waals surface area contributed by atoms with Crippen LogP contribution in [0.25, 0.3) is 0 Å². The first-order chi connectivity index (χ1) is 12.5. The first-order valence-corrected chi connectivity index (χ1v) is 10.6. The molecule has 4 heteroatoms. The van der Waals surface area contributed by atoms with Crippen LogP contribution in [0, 0.1) is 30.1 Å². The number of hydrogen-bond donors (Lipinski definition) is 2. The van der Waals surface area contributed by atoms with Gasteiger partial charge in [-0.15, -0.1) is 12.4 Å². The molecule has 3 N–H and O–H groups in total. The van der Waals surface area contributed by atoms with Crippen molar-refractivity contribution in [2.45, 2.75) is 69.7 Å². The molecule has 0 aliphatic heterocycles. The van der Waals surface area contributed by atoms with E-state index in [1.807, 2.05) is 0 Å². The quantitative estimate of drug-likeness (QED) is 0.797. The van der Waals surface area contributed by atoms with Crippen LogP contribution < -0.4 is 11.1 Å². The number of hydrogen-bond acceptors (Lipinski definition) is 2. The molecule has 5 aliphatic rings. The van der Waals surface area contributed by atoms with Crippen molar-refractivity contribution in [2.75, 3.05) is 6.54 Å². The van der Waals surface area contributed by atoms with Crippen LogP contribution >= 0.6 is 12.4 Å². The minimum Gasteiger partial charge on any atom is -0.351 e. The van der Waals surface area contributed by atoms with E-state index in [0.717, 1.165) is 31.1 Å². The third-order valence-electron chi connectivity index (χ3n) is 7.97. The fourth-order valence-corrected chi connectivity index (χ4v) is 6.96. The number of halogens is 1. The van der Waals surface area contributed by atoms with Gasteiger partial charge in [-0.25, -0.2) is 0 Å². The van der Waals surface area contributed by atoms with E-state index in [4.69, 9.17) is 5.73 Å². The van der Waals surface area contributed by atoms with Crippen LogP contribution in [-0.2, 0) is 10.2 Å². The molecule has 3 atom stereocenters. The Morgan fingerprint density at radius 1 is 1.15 bits per heavy atom. The second-order valence-electron chi connectivity index (χ2n) is 10.0. The lowest BCUT2D eigenvalue weighted by molar-refractivity contribution is -0.150. The summed E-state index contributed by atoms with van der Waals surface area (Å²) in [6.07, 6.45) is 9.61. The van der Waals surface area contributed by atoms with E-state index >= 15 is 0 Å². The van der Waals surface area contributed by atoms with Crippen molar-refractivity contribution < 1.29 is 4.79 Å². The Labute approximate surface area is 169 Å². The first kappa shape index (κ1) is 19.3. The van der Waals surface area contributed by atoms with Crippen molar-refractivity contribution in [3.05, 3.63) is 35.4 Å². The molecule has 1 amide bonds. The smallest absolute Gasteiger partial charge is 0.226 e. The number of nitrogens with one attached hydrogen (secondary N) is 1. The Bertz CT molecular complexity index is 698. The minimum absolute atomic E-state index is 0. The molecule has 1 aromatic rings. The van der Waals surface area contributed by atoms with E-state index in [0.29, 0.717) is 18.4 Å². The van der Waals surface area contributed by atoms with Crippen molar-refractivity contribution in [3.8, 4) is 0 Å². The van der Waals surface area contributed by atoms with E-state index in [2.05, 4.69) is 36.5 Å². The van der Waals surface area contributed by atoms with E-state index in [1.165, 1.54) is 43.2 Å². The highest BCUT2D eigenvalue weighted by molar-refractivity contribution is 5.85. The normalized spacial score (nSPS) is 37.6. The second kappa shape index (κ2) is 6.77. The minimum atomic E-state index is -0.142. The van der Waals surface area contributed by atoms with Crippen LogP contribution in [0.5, 0.6) is 0 Å². The molecule has 0 spiro atoms. The van der Waals surface area contributed by atoms with Gasteiger partial charge < -0.3 is 11.1 Å². The van der Waals surface area contributed by atoms with Gasteiger partial charge in [0, 0.05) is 12.6 Å². The number of rotatable bonds is 5. The van der Waals surface area contributed by atoms with Crippen molar-refractivity contribution in [1.82, 2.24) is 5.32 Å². The molecule has 6 rings (SSSR count). The summed E-state index contributed by atoms with van der Waals surface area (Å²) in [7, 11) is 0. The summed E-state index contributed by atoms with van der Waals surface area (Å²) in [4.78, 5) is 13.5. The SMILES string of the molecule is Cc1ccc(C23CC4CC(CC(C(=O)NC(CN)C5CC5)(C4)C2)C3)cc1.Cl. The Balaban J connectivity index is 0.00000180. The Morgan fingerprint density at radius 3 is 2.33 bits per heavy atom. The third kappa shape index (κ3) is 3.21. The number of benzene rings is 1. The molecule has 27 heavy (non-hydrogen) atoms. The second-order valence-corrected chi connectivity index (χ2v) is 10.0. The van der Waals surface area contributed by atoms with Gasteiger partial charge in [0.25, 0.3) is 0 Å². The summed E-state index contributed by atoms with van der Waals surface area (Å²) in [5.41, 5.74) is 8.86. The predicted molar refractivity (Wildman–Crippen MR) is 111 cm³/mol. The average molecular weight is 389 g/mol. The summed E-state index contributed by atoms with van der Waals surface area (Å²) >= 11 is 0. The van der Waals surface area contributed by atoms with Gasteiger partial charge in [0.05, 0.1) is 5.41 Å². The molecule has 5 saturated carbocycles. The monoisotopic (exact) mass is 388 g/mol. The standard InChI is InChI=1S/C23H32N2O.ClH/c1-15-2-6-19(7-3-15)22-9-16-8-17(10-22)12-23(11-16,14-22)21(26)25-20(13-24)18-4-5-18;/h2-3,6-7,16-18,20H,4-5,8-14,24H2,1H3,(H,25,26);1H. The molecule has 4 bridgehead atoms. The van der Waals surface area contributed by atoms with Crippen LogP contribution in [0.4, 0.5) is 0 Å². The fraction of sp³-hybridized carbons (Fsp3) is 0.696. The molecule has 0 aromatic heterocycles. The Kier molecular flexibility index (Phi) is 4.83. The van der Waals surface area contributed by atoms with Gasteiger partial charge in [-0.2, -0.15) is 0 Å². The Morgan fingerprint density at radius 2 is 1.78 bits per heavy atom. The van der Waals surface area contributed by atoms with Gasteiger partial charge in [-0.1, -0.05) is 29.8 Å². The van der Waals surface area contributed by atoms with Crippen LogP contribution in [0.1, 0.15) is 62.5 Å². The zero-order valence-electron chi connectivity index (χ0n) is 16.4. The number of nitrogens with two attached hydrogens (primary N) is 1. The topological polar surface area (TPSA) is 55.1 Å². The maximum atomic E-state index is 13.5. The maximum absolute atomic E-state index is 13.5. The van der Waals surface area contributed by atoms with Crippen LogP contribution in [0.3, 0.4) is 0 Å². The van der Waals surface area contributed by atoms with E-state index < -0.39 is 0 Å². The zero-order valence-corrected chi connectivity index (χ0v) is 17.2. The largest absolute Gasteiger partial charge is 0.351 e. The number of carbonyl (C=O) groups is 1. The van der Waals surface area contributed by atoms with Gasteiger partial charge in [0.2, 0.25) is 5.91 Å². The molecule has 3 unspecified atom stereocenters. The summed E-state index contributed by atoms with van der Waals surface area (Å²) in [6, 6.07) is 9.36. The molecule has 5 aliphatic carbocycles. The van der Waals surface area contributed by atoms with Crippen LogP contribution in [0.2, 0.25) is 0 Å². The van der Waals surface area contributed by atoms with E-state index in [9.17, 15) is 4.79 Å². The molecular weight excluding hydrogens is 356 g/mol. The first-order valence-electron chi connectivity index (χ1n) is 10.6. The molecule has 5 fully saturated rings. The lowest BCUT2D eigenvalue weighted by atomic mass is 9.42. The van der Waals surface area contributed by atoms with Crippen LogP contribution in [0.15, 0.2) is 24.3 Å². The third-order valence-corrected chi connectivity index (χ3v) is 7.97. The van der Waals surface area contributed by atoms with Crippen molar-refractivity contribution >= 4 is 18.3 Å². The van der Waals surface area contributed by atoms with Gasteiger partial charge in [-0.3, -0.25) is 4.79 Å². The molecular formula is C23H33ClN2O. The van der Waals surface area contributed by atoms with Crippen molar-refractivity contribution in [1.29, 1.82) is 0 Å². The highest BCUT2D eigenvalue weighted by Gasteiger charge is 2.61. The van der Waals surface area contributed by atoms with Gasteiger partial charge in [-0.05, 0) is 87.0 Å². The molecule has 3 nitrogen and oxygen atoms in total. The van der Waals surface area contributed by atoms with Gasteiger partial charge in [0.15, 0.2) is 0 Å². The maximum Gasteiger partial charge on any atom is 0.226 e. The zero-order chi connectivity index (χ0) is 17.9. The van der Waals surface area contributed by atoms with Gasteiger partial charge >= 0.3 is 0 Å². The highest BCUT2D eigenvalue weighted by atomic mass is 35.5. The lowest BCUT2D eigenvalue weighted by Crippen LogP contribution is -2.60. The fourth-order valence-electron chi connectivity index (χ4n) is 6.96. The summed E-state index contributed by atoms with van der Waals surface area (Å²) in [6.45, 7) is 2.74. The highest BCUT2D eigenvalue weighted by Crippen LogP contribution is 2.65. The van der Waals surface area contributed by atoms with E-state index in [1.54, 1.807) is 0 Å². The molecule has 0 radical (unpaired) electrons. The van der Waals surface area contributed by atoms with Crippen LogP contribution in [-0.4, -0.2) is 18.5 Å². The lowest BCUT2D eigenvalue weighted by Gasteiger charge is -2.61. The number of amides is 1. The molecule has 148 valence electrons. The Hall–Kier alpha value is -1.06. The molecule has 1 aromatic carbocycles. The predicted octanol–water partition coefficient (Wildman–Crippen LogP) is 4.11. The number of aryl methyl sites for hydroxylation is 1. The summed E-state index contributed by atoms with van der Waals surface area (Å²) in [5.74, 6) is 2.40. The molecule has 0 saturated heterocycles. The molecule has 0 heterocycles. The summed E-state index contributed by atoms with van der Waals surface area (Å²) in [5, 5.41) is 3.40. The van der Waals surface area contributed by atoms with Crippen molar-refractivity contribution in [3.63, 3.8) is 0 Å². The van der Waals surface area contributed by atoms with Gasteiger partial charge in [0.1, 0.15) is 0 Å².